The smallest absolute Gasteiger partial charge is 0.144 e. The summed E-state index contributed by atoms with van der Waals surface area (Å²) in [4.78, 5) is 10.2. The lowest BCUT2D eigenvalue weighted by Crippen LogP contribution is -2.51. The van der Waals surface area contributed by atoms with Crippen LogP contribution in [-0.2, 0) is 9.57 Å². The Bertz CT molecular complexity index is 850. The molecule has 5 fully saturated rings. The zero-order valence-electron chi connectivity index (χ0n) is 24.8. The summed E-state index contributed by atoms with van der Waals surface area (Å²) in [5.41, 5.74) is 3.63. The number of allylic oxidation sites excluding steroid dienone is 1. The molecule has 0 aromatic carbocycles. The Morgan fingerprint density at radius 3 is 1.82 bits per heavy atom. The van der Waals surface area contributed by atoms with E-state index in [1.165, 1.54) is 37.0 Å². The Hall–Kier alpha value is -1.15. The van der Waals surface area contributed by atoms with E-state index in [0.29, 0.717) is 31.0 Å². The highest BCUT2D eigenvalue weighted by atomic mass is 16.6. The number of nitrogens with zero attached hydrogens (tertiary/aromatic N) is 3. The highest BCUT2D eigenvalue weighted by molar-refractivity contribution is 5.93. The van der Waals surface area contributed by atoms with Crippen molar-refractivity contribution in [1.82, 2.24) is 9.80 Å². The molecule has 6 atom stereocenters. The predicted molar refractivity (Wildman–Crippen MR) is 151 cm³/mol. The normalized spacial score (nSPS) is 39.8. The molecule has 0 aromatic rings. The number of aliphatic hydroxyl groups excluding tert-OH is 2. The molecule has 4 aliphatic carbocycles. The summed E-state index contributed by atoms with van der Waals surface area (Å²) in [7, 11) is 0. The van der Waals surface area contributed by atoms with Gasteiger partial charge in [-0.15, -0.1) is 0 Å². The summed E-state index contributed by atoms with van der Waals surface area (Å²) in [6.45, 7) is 19.6. The quantitative estimate of drug-likeness (QED) is 0.324. The van der Waals surface area contributed by atoms with Crippen molar-refractivity contribution in [3.8, 4) is 0 Å². The Labute approximate surface area is 230 Å². The predicted octanol–water partition coefficient (Wildman–Crippen LogP) is 4.29. The van der Waals surface area contributed by atoms with Crippen LogP contribution >= 0.6 is 0 Å². The summed E-state index contributed by atoms with van der Waals surface area (Å²) in [5.74, 6) is 1.47. The summed E-state index contributed by atoms with van der Waals surface area (Å²) in [6, 6.07) is 0. The van der Waals surface area contributed by atoms with Crippen LogP contribution in [0.4, 0.5) is 0 Å². The van der Waals surface area contributed by atoms with Gasteiger partial charge < -0.3 is 19.8 Å². The number of ether oxygens (including phenoxy) is 1. The van der Waals surface area contributed by atoms with Crippen LogP contribution in [0.15, 0.2) is 17.0 Å². The average Bonchev–Trinajstić information content (AvgIpc) is 3.37. The Kier molecular flexibility index (Phi) is 7.73. The van der Waals surface area contributed by atoms with Crippen LogP contribution < -0.4 is 0 Å². The average molecular weight is 532 g/mol. The third kappa shape index (κ3) is 4.84. The van der Waals surface area contributed by atoms with E-state index in [1.807, 2.05) is 6.26 Å². The standard InChI is InChI=1S/C31H53N3O4/c1-28(2)22-7-9-30(28,5)24(15-22)19-37-20-25(35)17-33-11-13-34(14-12-33)18-26(36)21-38-32-27-16-23-8-10-31(27,6)29(23,3)4/h19,22-23,25-26,35-36H,7-18,20-21H2,1-6H3/b24-19+,32-27+. The van der Waals surface area contributed by atoms with Gasteiger partial charge in [-0.3, -0.25) is 9.80 Å². The summed E-state index contributed by atoms with van der Waals surface area (Å²) in [5, 5.41) is 25.6. The highest BCUT2D eigenvalue weighted by Gasteiger charge is 2.60. The maximum Gasteiger partial charge on any atom is 0.144 e. The van der Waals surface area contributed by atoms with Crippen LogP contribution in [0.5, 0.6) is 0 Å². The molecule has 0 radical (unpaired) electrons. The second-order valence-corrected chi connectivity index (χ2v) is 14.7. The monoisotopic (exact) mass is 531 g/mol. The van der Waals surface area contributed by atoms with Crippen molar-refractivity contribution in [2.45, 2.75) is 92.3 Å². The van der Waals surface area contributed by atoms with Crippen molar-refractivity contribution in [3.63, 3.8) is 0 Å². The lowest BCUT2D eigenvalue weighted by atomic mass is 9.69. The van der Waals surface area contributed by atoms with E-state index in [4.69, 9.17) is 9.57 Å². The number of hydrogen-bond donors (Lipinski definition) is 2. The molecule has 0 amide bonds. The second kappa shape index (κ2) is 10.4. The number of fused-ring (bicyclic) bond motifs is 4. The minimum atomic E-state index is -0.546. The molecule has 7 heteroatoms. The highest BCUT2D eigenvalue weighted by Crippen LogP contribution is 2.68. The second-order valence-electron chi connectivity index (χ2n) is 14.7. The van der Waals surface area contributed by atoms with E-state index in [2.05, 4.69) is 56.5 Å². The third-order valence-electron chi connectivity index (χ3n) is 12.5. The first-order valence-corrected chi connectivity index (χ1v) is 15.2. The Morgan fingerprint density at radius 2 is 1.34 bits per heavy atom. The maximum atomic E-state index is 10.6. The number of hydrogen-bond acceptors (Lipinski definition) is 7. The summed E-state index contributed by atoms with van der Waals surface area (Å²) in [6.07, 6.45) is 8.16. The number of rotatable bonds is 10. The number of oxime groups is 1. The van der Waals surface area contributed by atoms with Crippen molar-refractivity contribution in [2.24, 2.45) is 38.7 Å². The molecule has 1 aliphatic heterocycles. The molecule has 0 aromatic heterocycles. The molecule has 216 valence electrons. The van der Waals surface area contributed by atoms with Crippen LogP contribution in [-0.4, -0.2) is 90.4 Å². The van der Waals surface area contributed by atoms with E-state index in [1.54, 1.807) is 0 Å². The zero-order valence-corrected chi connectivity index (χ0v) is 24.8. The Balaban J connectivity index is 0.977. The van der Waals surface area contributed by atoms with Crippen LogP contribution in [0.2, 0.25) is 0 Å². The first kappa shape index (κ1) is 28.4. The van der Waals surface area contributed by atoms with Gasteiger partial charge in [-0.1, -0.05) is 46.7 Å². The molecule has 5 rings (SSSR count). The summed E-state index contributed by atoms with van der Waals surface area (Å²) >= 11 is 0. The fraction of sp³-hybridized carbons (Fsp3) is 0.903. The van der Waals surface area contributed by atoms with E-state index in [9.17, 15) is 10.2 Å². The lowest BCUT2D eigenvalue weighted by molar-refractivity contribution is -0.00100. The maximum absolute atomic E-state index is 10.6. The Morgan fingerprint density at radius 1 is 0.816 bits per heavy atom. The molecule has 1 saturated heterocycles. The molecule has 1 heterocycles. The summed E-state index contributed by atoms with van der Waals surface area (Å²) < 4.78 is 5.91. The van der Waals surface area contributed by atoms with Gasteiger partial charge in [0.1, 0.15) is 25.4 Å². The van der Waals surface area contributed by atoms with E-state index >= 15 is 0 Å². The van der Waals surface area contributed by atoms with Gasteiger partial charge in [-0.2, -0.15) is 0 Å². The number of piperazine rings is 1. The van der Waals surface area contributed by atoms with Crippen molar-refractivity contribution in [1.29, 1.82) is 0 Å². The van der Waals surface area contributed by atoms with Crippen molar-refractivity contribution < 1.29 is 19.8 Å². The van der Waals surface area contributed by atoms with Gasteiger partial charge >= 0.3 is 0 Å². The molecular weight excluding hydrogens is 478 g/mol. The van der Waals surface area contributed by atoms with Crippen LogP contribution in [0.25, 0.3) is 0 Å². The van der Waals surface area contributed by atoms with Crippen LogP contribution in [0, 0.1) is 33.5 Å². The van der Waals surface area contributed by atoms with Gasteiger partial charge in [0, 0.05) is 44.7 Å². The number of aliphatic hydroxyl groups is 2. The van der Waals surface area contributed by atoms with E-state index in [0.717, 1.165) is 44.9 Å². The molecule has 6 unspecified atom stereocenters. The molecule has 2 N–H and O–H groups in total. The van der Waals surface area contributed by atoms with Crippen LogP contribution in [0.1, 0.15) is 80.1 Å². The minimum Gasteiger partial charge on any atom is -0.498 e. The third-order valence-corrected chi connectivity index (χ3v) is 12.5. The first-order chi connectivity index (χ1) is 17.9. The molecule has 38 heavy (non-hydrogen) atoms. The van der Waals surface area contributed by atoms with Gasteiger partial charge in [-0.05, 0) is 72.2 Å². The van der Waals surface area contributed by atoms with E-state index < -0.39 is 12.2 Å². The van der Waals surface area contributed by atoms with Crippen LogP contribution in [0.3, 0.4) is 0 Å². The van der Waals surface area contributed by atoms with Crippen molar-refractivity contribution in [2.75, 3.05) is 52.5 Å². The largest absolute Gasteiger partial charge is 0.498 e. The lowest BCUT2D eigenvalue weighted by Gasteiger charge is -2.36. The van der Waals surface area contributed by atoms with Gasteiger partial charge in [0.15, 0.2) is 0 Å². The SMILES string of the molecule is CC12CCC(C/C1=C\OCC(O)CN1CCN(CC(O)CO/N=C3\CC4CCC3(C)C4(C)C)CC1)C2(C)C. The van der Waals surface area contributed by atoms with Crippen molar-refractivity contribution >= 4 is 5.71 Å². The van der Waals surface area contributed by atoms with Gasteiger partial charge in [-0.25, -0.2) is 0 Å². The fourth-order valence-electron chi connectivity index (χ4n) is 8.58. The zero-order chi connectivity index (χ0) is 27.3. The molecule has 0 spiro atoms. The number of β-amino-alcohol motifs (C(OH)–C–C–N with tert-alkyl or cyclic N) is 2. The van der Waals surface area contributed by atoms with E-state index in [-0.39, 0.29) is 22.9 Å². The molecule has 5 aliphatic rings. The molecule has 4 bridgehead atoms. The van der Waals surface area contributed by atoms with Crippen molar-refractivity contribution in [3.05, 3.63) is 11.8 Å². The fourth-order valence-corrected chi connectivity index (χ4v) is 8.58. The van der Waals surface area contributed by atoms with Gasteiger partial charge in [0.05, 0.1) is 12.0 Å². The van der Waals surface area contributed by atoms with Gasteiger partial charge in [0.2, 0.25) is 0 Å². The van der Waals surface area contributed by atoms with Gasteiger partial charge in [0.25, 0.3) is 0 Å². The molecule has 7 nitrogen and oxygen atoms in total. The minimum absolute atomic E-state index is 0.136. The molecule has 4 saturated carbocycles. The topological polar surface area (TPSA) is 77.8 Å². The first-order valence-electron chi connectivity index (χ1n) is 15.2. The molecular formula is C31H53N3O4.